The van der Waals surface area contributed by atoms with Crippen molar-refractivity contribution in [1.82, 2.24) is 14.8 Å². The molecule has 5 nitrogen and oxygen atoms in total. The summed E-state index contributed by atoms with van der Waals surface area (Å²) in [6.07, 6.45) is -2.86. The lowest BCUT2D eigenvalue weighted by Gasteiger charge is -2.12. The zero-order chi connectivity index (χ0) is 18.9. The van der Waals surface area contributed by atoms with E-state index in [-0.39, 0.29) is 16.7 Å². The van der Waals surface area contributed by atoms with Crippen LogP contribution in [-0.2, 0) is 6.18 Å². The average molecular weight is 386 g/mol. The lowest BCUT2D eigenvalue weighted by atomic mass is 10.2. The van der Waals surface area contributed by atoms with Crippen molar-refractivity contribution in [2.75, 3.05) is 0 Å². The average Bonchev–Trinajstić information content (AvgIpc) is 2.58. The molecule has 0 fully saturated rings. The second-order valence-corrected chi connectivity index (χ2v) is 5.40. The van der Waals surface area contributed by atoms with Gasteiger partial charge in [-0.25, -0.2) is 9.37 Å². The van der Waals surface area contributed by atoms with Gasteiger partial charge in [-0.05, 0) is 12.1 Å². The largest absolute Gasteiger partial charge is 0.437 e. The van der Waals surface area contributed by atoms with Crippen LogP contribution in [0.25, 0.3) is 5.69 Å². The number of aromatic nitrogens is 3. The summed E-state index contributed by atoms with van der Waals surface area (Å²) in [5, 5.41) is 3.27. The minimum absolute atomic E-state index is 0.0460. The topological polar surface area (TPSA) is 57.0 Å². The van der Waals surface area contributed by atoms with Crippen molar-refractivity contribution in [3.05, 3.63) is 75.5 Å². The number of rotatable bonds is 3. The molecule has 0 spiro atoms. The fourth-order valence-electron chi connectivity index (χ4n) is 2.02. The Bertz CT molecular complexity index is 1010. The van der Waals surface area contributed by atoms with Crippen LogP contribution < -0.4 is 10.3 Å². The number of alkyl halides is 3. The van der Waals surface area contributed by atoms with Crippen molar-refractivity contribution in [3.63, 3.8) is 0 Å². The summed E-state index contributed by atoms with van der Waals surface area (Å²) in [6, 6.07) is 7.04. The van der Waals surface area contributed by atoms with Gasteiger partial charge in [-0.1, -0.05) is 17.7 Å². The molecule has 3 aromatic rings. The highest BCUT2D eigenvalue weighted by Crippen LogP contribution is 2.32. The maximum absolute atomic E-state index is 14.2. The van der Waals surface area contributed by atoms with Gasteiger partial charge >= 0.3 is 6.18 Å². The van der Waals surface area contributed by atoms with Crippen molar-refractivity contribution >= 4 is 11.6 Å². The van der Waals surface area contributed by atoms with E-state index in [1.165, 1.54) is 12.3 Å². The van der Waals surface area contributed by atoms with Crippen LogP contribution >= 0.6 is 11.6 Å². The SMILES string of the molecule is O=c1cc(C(F)(F)F)cnn1-c1cc(Oc2ccccn2)c(Cl)cc1F. The number of hydrogen-bond acceptors (Lipinski definition) is 4. The summed E-state index contributed by atoms with van der Waals surface area (Å²) < 4.78 is 58.0. The third-order valence-electron chi connectivity index (χ3n) is 3.21. The van der Waals surface area contributed by atoms with E-state index in [1.807, 2.05) is 0 Å². The molecular weight excluding hydrogens is 378 g/mol. The summed E-state index contributed by atoms with van der Waals surface area (Å²) in [7, 11) is 0. The summed E-state index contributed by atoms with van der Waals surface area (Å²) in [5.41, 5.74) is -2.82. The molecule has 134 valence electrons. The fourth-order valence-corrected chi connectivity index (χ4v) is 2.21. The van der Waals surface area contributed by atoms with Crippen molar-refractivity contribution < 1.29 is 22.3 Å². The third-order valence-corrected chi connectivity index (χ3v) is 3.50. The van der Waals surface area contributed by atoms with E-state index in [9.17, 15) is 22.4 Å². The molecule has 26 heavy (non-hydrogen) atoms. The highest BCUT2D eigenvalue weighted by atomic mass is 35.5. The molecule has 0 atom stereocenters. The van der Waals surface area contributed by atoms with Crippen LogP contribution in [0.15, 0.2) is 53.6 Å². The molecule has 10 heteroatoms. The Kier molecular flexibility index (Phi) is 4.64. The monoisotopic (exact) mass is 385 g/mol. The number of benzene rings is 1. The van der Waals surface area contributed by atoms with Gasteiger partial charge in [-0.3, -0.25) is 4.79 Å². The quantitative estimate of drug-likeness (QED) is 0.633. The third kappa shape index (κ3) is 3.67. The van der Waals surface area contributed by atoms with Crippen molar-refractivity contribution in [3.8, 4) is 17.3 Å². The number of nitrogens with zero attached hydrogens (tertiary/aromatic N) is 3. The fraction of sp³-hybridized carbons (Fsp3) is 0.0625. The molecule has 0 N–H and O–H groups in total. The molecule has 0 aliphatic carbocycles. The Morgan fingerprint density at radius 2 is 1.92 bits per heavy atom. The number of hydrogen-bond donors (Lipinski definition) is 0. The first-order chi connectivity index (χ1) is 12.3. The van der Waals surface area contributed by atoms with Crippen LogP contribution in [0.1, 0.15) is 5.56 Å². The summed E-state index contributed by atoms with van der Waals surface area (Å²) in [4.78, 5) is 15.9. The minimum Gasteiger partial charge on any atom is -0.437 e. The van der Waals surface area contributed by atoms with Gasteiger partial charge in [0, 0.05) is 24.4 Å². The number of halogens is 5. The number of ether oxygens (including phenoxy) is 1. The van der Waals surface area contributed by atoms with Gasteiger partial charge in [0.25, 0.3) is 5.56 Å². The van der Waals surface area contributed by atoms with Crippen molar-refractivity contribution in [1.29, 1.82) is 0 Å². The van der Waals surface area contributed by atoms with Gasteiger partial charge in [0.05, 0.1) is 16.8 Å². The first-order valence-corrected chi connectivity index (χ1v) is 7.38. The van der Waals surface area contributed by atoms with Crippen LogP contribution in [0.2, 0.25) is 5.02 Å². The Balaban J connectivity index is 2.06. The molecule has 0 unspecified atom stereocenters. The second kappa shape index (κ2) is 6.75. The van der Waals surface area contributed by atoms with Crippen LogP contribution in [0.3, 0.4) is 0 Å². The normalized spacial score (nSPS) is 11.4. The molecule has 0 saturated heterocycles. The molecule has 1 aromatic carbocycles. The zero-order valence-corrected chi connectivity index (χ0v) is 13.4. The maximum Gasteiger partial charge on any atom is 0.418 e. The lowest BCUT2D eigenvalue weighted by molar-refractivity contribution is -0.138. The van der Waals surface area contributed by atoms with Gasteiger partial charge in [0.1, 0.15) is 11.4 Å². The lowest BCUT2D eigenvalue weighted by Crippen LogP contribution is -2.24. The summed E-state index contributed by atoms with van der Waals surface area (Å²) in [6.45, 7) is 0. The van der Waals surface area contributed by atoms with Gasteiger partial charge in [-0.15, -0.1) is 0 Å². The summed E-state index contributed by atoms with van der Waals surface area (Å²) >= 11 is 5.91. The molecule has 0 aliphatic heterocycles. The standard InChI is InChI=1S/C16H8ClF4N3O2/c17-10-6-11(18)12(7-13(10)26-14-3-1-2-4-22-14)24-15(25)5-9(8-23-24)16(19,20)21/h1-8H. The molecule has 0 amide bonds. The Hall–Kier alpha value is -2.94. The van der Waals surface area contributed by atoms with Crippen LogP contribution in [-0.4, -0.2) is 14.8 Å². The highest BCUT2D eigenvalue weighted by Gasteiger charge is 2.32. The van der Waals surface area contributed by atoms with E-state index in [2.05, 4.69) is 10.1 Å². The van der Waals surface area contributed by atoms with E-state index < -0.39 is 28.8 Å². The smallest absolute Gasteiger partial charge is 0.418 e. The molecule has 0 bridgehead atoms. The van der Waals surface area contributed by atoms with E-state index in [0.29, 0.717) is 16.9 Å². The molecule has 2 heterocycles. The Morgan fingerprint density at radius 3 is 2.54 bits per heavy atom. The maximum atomic E-state index is 14.2. The highest BCUT2D eigenvalue weighted by molar-refractivity contribution is 6.32. The van der Waals surface area contributed by atoms with Crippen molar-refractivity contribution in [2.24, 2.45) is 0 Å². The molecule has 3 rings (SSSR count). The first-order valence-electron chi connectivity index (χ1n) is 7.00. The molecule has 0 aliphatic rings. The van der Waals surface area contributed by atoms with E-state index in [0.717, 1.165) is 12.1 Å². The molecule has 0 saturated carbocycles. The van der Waals surface area contributed by atoms with E-state index in [4.69, 9.17) is 16.3 Å². The minimum atomic E-state index is -4.74. The Labute approximate surface area is 148 Å². The van der Waals surface area contributed by atoms with E-state index in [1.54, 1.807) is 12.1 Å². The predicted molar refractivity (Wildman–Crippen MR) is 84.1 cm³/mol. The van der Waals surface area contributed by atoms with Crippen LogP contribution in [0, 0.1) is 5.82 Å². The van der Waals surface area contributed by atoms with Gasteiger partial charge in [0.15, 0.2) is 5.82 Å². The second-order valence-electron chi connectivity index (χ2n) is 5.00. The van der Waals surface area contributed by atoms with Gasteiger partial charge < -0.3 is 4.74 Å². The van der Waals surface area contributed by atoms with Crippen LogP contribution in [0.4, 0.5) is 17.6 Å². The Morgan fingerprint density at radius 1 is 1.15 bits per heavy atom. The van der Waals surface area contributed by atoms with Crippen molar-refractivity contribution in [2.45, 2.75) is 6.18 Å². The van der Waals surface area contributed by atoms with E-state index >= 15 is 0 Å². The zero-order valence-electron chi connectivity index (χ0n) is 12.7. The van der Waals surface area contributed by atoms with Gasteiger partial charge in [0.2, 0.25) is 5.88 Å². The van der Waals surface area contributed by atoms with Crippen LogP contribution in [0.5, 0.6) is 11.6 Å². The summed E-state index contributed by atoms with van der Waals surface area (Å²) in [5.74, 6) is -0.854. The first kappa shape index (κ1) is 17.9. The van der Waals surface area contributed by atoms with Gasteiger partial charge in [-0.2, -0.15) is 23.0 Å². The predicted octanol–water partition coefficient (Wildman–Crippen LogP) is 4.23. The molecular formula is C16H8ClF4N3O2. The molecule has 2 aromatic heterocycles. The number of pyridine rings is 1. The molecule has 0 radical (unpaired) electrons.